The Bertz CT molecular complexity index is 1100. The van der Waals surface area contributed by atoms with Gasteiger partial charge in [-0.2, -0.15) is 19.7 Å². The summed E-state index contributed by atoms with van der Waals surface area (Å²) >= 11 is 0. The fourth-order valence-electron chi connectivity index (χ4n) is 2.65. The van der Waals surface area contributed by atoms with Gasteiger partial charge in [-0.25, -0.2) is 0 Å². The molecule has 140 valence electrons. The quantitative estimate of drug-likeness (QED) is 0.547. The molecule has 2 aromatic heterocycles. The fraction of sp³-hybridized carbons (Fsp3) is 0.158. The largest absolute Gasteiger partial charge is 0.368 e. The third-order valence-electron chi connectivity index (χ3n) is 4.14. The molecule has 3 N–H and O–H groups in total. The summed E-state index contributed by atoms with van der Waals surface area (Å²) in [6, 6.07) is 15.8. The molecule has 0 radical (unpaired) electrons. The monoisotopic (exact) mass is 373 g/mol. The van der Waals surface area contributed by atoms with E-state index in [-0.39, 0.29) is 12.5 Å². The molecule has 0 aliphatic carbocycles. The number of hydrogen-bond donors (Lipinski definition) is 2. The molecule has 0 atom stereocenters. The summed E-state index contributed by atoms with van der Waals surface area (Å²) < 4.78 is 0. The van der Waals surface area contributed by atoms with Gasteiger partial charge in [0.15, 0.2) is 5.82 Å². The number of anilines is 3. The van der Waals surface area contributed by atoms with Gasteiger partial charge in [0, 0.05) is 11.3 Å². The van der Waals surface area contributed by atoms with Gasteiger partial charge in [-0.05, 0) is 30.7 Å². The first kappa shape index (κ1) is 17.5. The molecule has 2 aromatic carbocycles. The van der Waals surface area contributed by atoms with Gasteiger partial charge >= 0.3 is 0 Å². The van der Waals surface area contributed by atoms with E-state index in [1.165, 1.54) is 10.4 Å². The molecule has 0 spiro atoms. The Kier molecular flexibility index (Phi) is 4.63. The summed E-state index contributed by atoms with van der Waals surface area (Å²) in [5, 5.41) is 15.7. The third-order valence-corrected chi connectivity index (χ3v) is 4.14. The maximum Gasteiger partial charge on any atom is 0.232 e. The molecular weight excluding hydrogens is 354 g/mol. The van der Waals surface area contributed by atoms with Gasteiger partial charge in [0.05, 0.1) is 0 Å². The van der Waals surface area contributed by atoms with Crippen LogP contribution >= 0.6 is 0 Å². The summed E-state index contributed by atoms with van der Waals surface area (Å²) in [5.74, 6) is 1.48. The summed E-state index contributed by atoms with van der Waals surface area (Å²) in [6.45, 7) is 4.26. The highest BCUT2D eigenvalue weighted by atomic mass is 15.6. The number of hydrogen-bond acceptors (Lipinski definition) is 8. The van der Waals surface area contributed by atoms with Crippen LogP contribution in [-0.4, -0.2) is 35.2 Å². The summed E-state index contributed by atoms with van der Waals surface area (Å²) in [7, 11) is 0. The minimum absolute atomic E-state index is 0.125. The number of nitrogens with two attached hydrogens (primary N) is 1. The van der Waals surface area contributed by atoms with Crippen LogP contribution in [0.2, 0.25) is 0 Å². The molecule has 4 rings (SSSR count). The van der Waals surface area contributed by atoms with Crippen molar-refractivity contribution in [3.05, 3.63) is 65.5 Å². The number of nitrogen functional groups attached to an aromatic ring is 1. The van der Waals surface area contributed by atoms with E-state index in [2.05, 4.69) is 35.7 Å². The second-order valence-electron chi connectivity index (χ2n) is 6.38. The van der Waals surface area contributed by atoms with Gasteiger partial charge in [0.1, 0.15) is 6.54 Å². The van der Waals surface area contributed by atoms with Crippen LogP contribution < -0.4 is 11.1 Å². The van der Waals surface area contributed by atoms with Gasteiger partial charge in [-0.1, -0.05) is 48.0 Å². The van der Waals surface area contributed by atoms with Crippen LogP contribution in [0.15, 0.2) is 48.5 Å². The normalized spacial score (nSPS) is 10.8. The molecule has 0 unspecified atom stereocenters. The van der Waals surface area contributed by atoms with E-state index in [9.17, 15) is 0 Å². The van der Waals surface area contributed by atoms with Crippen molar-refractivity contribution in [1.29, 1.82) is 0 Å². The van der Waals surface area contributed by atoms with Gasteiger partial charge in [-0.3, -0.25) is 0 Å². The van der Waals surface area contributed by atoms with Crippen LogP contribution in [0.5, 0.6) is 0 Å². The lowest BCUT2D eigenvalue weighted by Crippen LogP contribution is -2.12. The number of tetrazole rings is 1. The molecule has 4 aromatic rings. The van der Waals surface area contributed by atoms with Crippen molar-refractivity contribution in [3.63, 3.8) is 0 Å². The predicted octanol–water partition coefficient (Wildman–Crippen LogP) is 2.52. The zero-order valence-corrected chi connectivity index (χ0v) is 15.5. The van der Waals surface area contributed by atoms with Crippen LogP contribution in [-0.2, 0) is 6.54 Å². The van der Waals surface area contributed by atoms with Gasteiger partial charge in [0.2, 0.25) is 17.7 Å². The number of aromatic nitrogens is 7. The zero-order chi connectivity index (χ0) is 19.5. The average Bonchev–Trinajstić information content (AvgIpc) is 3.12. The summed E-state index contributed by atoms with van der Waals surface area (Å²) in [4.78, 5) is 14.2. The highest BCUT2D eigenvalue weighted by Gasteiger charge is 2.10. The van der Waals surface area contributed by atoms with Crippen molar-refractivity contribution in [2.75, 3.05) is 11.1 Å². The maximum atomic E-state index is 5.85. The molecule has 0 bridgehead atoms. The number of nitrogens with zero attached hydrogens (tertiary/aromatic N) is 7. The molecule has 0 saturated heterocycles. The molecule has 28 heavy (non-hydrogen) atoms. The molecule has 0 aliphatic rings. The zero-order valence-electron chi connectivity index (χ0n) is 15.5. The smallest absolute Gasteiger partial charge is 0.232 e. The molecule has 0 saturated carbocycles. The topological polar surface area (TPSA) is 120 Å². The van der Waals surface area contributed by atoms with Crippen molar-refractivity contribution in [2.24, 2.45) is 0 Å². The van der Waals surface area contributed by atoms with E-state index in [4.69, 9.17) is 5.73 Å². The number of rotatable bonds is 5. The van der Waals surface area contributed by atoms with Crippen LogP contribution in [0.4, 0.5) is 17.6 Å². The molecule has 9 heteroatoms. The Hall–Kier alpha value is -3.88. The Morgan fingerprint density at radius 3 is 2.54 bits per heavy atom. The van der Waals surface area contributed by atoms with E-state index >= 15 is 0 Å². The van der Waals surface area contributed by atoms with Gasteiger partial charge in [-0.15, -0.1) is 10.2 Å². The first-order valence-electron chi connectivity index (χ1n) is 8.75. The summed E-state index contributed by atoms with van der Waals surface area (Å²) in [5.41, 5.74) is 9.89. The first-order valence-corrected chi connectivity index (χ1v) is 8.75. The highest BCUT2D eigenvalue weighted by molar-refractivity contribution is 5.58. The van der Waals surface area contributed by atoms with E-state index in [0.717, 1.165) is 16.8 Å². The van der Waals surface area contributed by atoms with E-state index in [0.29, 0.717) is 17.6 Å². The molecule has 0 fully saturated rings. The summed E-state index contributed by atoms with van der Waals surface area (Å²) in [6.07, 6.45) is 0. The third kappa shape index (κ3) is 3.93. The number of para-hydroxylation sites is 1. The Morgan fingerprint density at radius 1 is 0.964 bits per heavy atom. The molecule has 0 aliphatic heterocycles. The van der Waals surface area contributed by atoms with Crippen LogP contribution in [0.1, 0.15) is 17.0 Å². The van der Waals surface area contributed by atoms with Crippen molar-refractivity contribution in [1.82, 2.24) is 35.2 Å². The average molecular weight is 373 g/mol. The van der Waals surface area contributed by atoms with E-state index in [1.54, 1.807) is 0 Å². The van der Waals surface area contributed by atoms with Gasteiger partial charge in [0.25, 0.3) is 0 Å². The van der Waals surface area contributed by atoms with E-state index in [1.807, 2.05) is 62.4 Å². The van der Waals surface area contributed by atoms with Crippen LogP contribution in [0.3, 0.4) is 0 Å². The van der Waals surface area contributed by atoms with E-state index < -0.39 is 0 Å². The Labute approximate surface area is 161 Å². The minimum Gasteiger partial charge on any atom is -0.368 e. The Morgan fingerprint density at radius 2 is 1.75 bits per heavy atom. The number of nitrogens with one attached hydrogen (secondary N) is 1. The van der Waals surface area contributed by atoms with Crippen molar-refractivity contribution in [3.8, 4) is 11.4 Å². The lowest BCUT2D eigenvalue weighted by atomic mass is 10.1. The Balaban J connectivity index is 1.54. The van der Waals surface area contributed by atoms with Crippen molar-refractivity contribution < 1.29 is 0 Å². The van der Waals surface area contributed by atoms with Gasteiger partial charge < -0.3 is 11.1 Å². The molecule has 9 nitrogen and oxygen atoms in total. The predicted molar refractivity (Wildman–Crippen MR) is 106 cm³/mol. The SMILES string of the molecule is Cc1ccc(-c2nnn(Cc3nc(N)nc(Nc4ccccc4C)n3)n2)cc1. The minimum atomic E-state index is 0.125. The number of benzene rings is 2. The highest BCUT2D eigenvalue weighted by Crippen LogP contribution is 2.18. The molecule has 0 amide bonds. The van der Waals surface area contributed by atoms with Crippen molar-refractivity contribution in [2.45, 2.75) is 20.4 Å². The standard InChI is InChI=1S/C19H19N9/c1-12-7-9-14(10-8-12)17-25-27-28(26-17)11-16-22-18(20)24-19(23-16)21-15-6-4-3-5-13(15)2/h3-10H,11H2,1-2H3,(H3,20,21,22,23,24). The van der Waals surface area contributed by atoms with Crippen molar-refractivity contribution >= 4 is 17.6 Å². The molecule has 2 heterocycles. The number of aryl methyl sites for hydroxylation is 2. The maximum absolute atomic E-state index is 5.85. The van der Waals surface area contributed by atoms with Crippen LogP contribution in [0.25, 0.3) is 11.4 Å². The first-order chi connectivity index (χ1) is 13.6. The second-order valence-corrected chi connectivity index (χ2v) is 6.38. The van der Waals surface area contributed by atoms with Crippen LogP contribution in [0, 0.1) is 13.8 Å². The fourth-order valence-corrected chi connectivity index (χ4v) is 2.65. The lowest BCUT2D eigenvalue weighted by Gasteiger charge is -2.09. The second kappa shape index (κ2) is 7.39. The molecular formula is C19H19N9. The lowest BCUT2D eigenvalue weighted by molar-refractivity contribution is 0.554.